The smallest absolute Gasteiger partial charge is 0.288 e. The highest BCUT2D eigenvalue weighted by Crippen LogP contribution is 2.32. The molecule has 1 aliphatic rings. The van der Waals surface area contributed by atoms with E-state index in [1.54, 1.807) is 7.05 Å². The largest absolute Gasteiger partial charge is 0.388 e. The van der Waals surface area contributed by atoms with E-state index in [0.29, 0.717) is 12.8 Å². The molecule has 7 heteroatoms. The van der Waals surface area contributed by atoms with Crippen LogP contribution in [-0.2, 0) is 0 Å². The molecule has 114 valence electrons. The monoisotopic (exact) mass is 312 g/mol. The van der Waals surface area contributed by atoms with Crippen molar-refractivity contribution in [1.29, 1.82) is 0 Å². The van der Waals surface area contributed by atoms with Gasteiger partial charge in [0.25, 0.3) is 11.6 Å². The lowest BCUT2D eigenvalue weighted by atomic mass is 10.0. The molecule has 0 aromatic heterocycles. The van der Waals surface area contributed by atoms with Crippen molar-refractivity contribution in [1.82, 2.24) is 4.90 Å². The van der Waals surface area contributed by atoms with E-state index in [2.05, 4.69) is 0 Å². The molecule has 0 atom stereocenters. The van der Waals surface area contributed by atoms with Crippen LogP contribution in [0.4, 0.5) is 5.69 Å². The van der Waals surface area contributed by atoms with E-state index in [9.17, 15) is 20.0 Å². The molecular formula is C14H17ClN2O4. The van der Waals surface area contributed by atoms with Gasteiger partial charge in [0.1, 0.15) is 5.02 Å². The number of likely N-dealkylation sites (N-methyl/N-ethyl adjacent to an activating group) is 1. The molecule has 1 amide bonds. The van der Waals surface area contributed by atoms with Gasteiger partial charge in [0.05, 0.1) is 16.1 Å². The third kappa shape index (κ3) is 3.33. The topological polar surface area (TPSA) is 83.7 Å². The summed E-state index contributed by atoms with van der Waals surface area (Å²) in [6, 6.07) is 4.13. The normalized spacial score (nSPS) is 16.7. The fraction of sp³-hybridized carbons (Fsp3) is 0.500. The van der Waals surface area contributed by atoms with Crippen LogP contribution in [0.15, 0.2) is 18.2 Å². The molecule has 0 heterocycles. The molecule has 1 fully saturated rings. The quantitative estimate of drug-likeness (QED) is 0.684. The Bertz CT molecular complexity index is 570. The number of nitro benzene ring substituents is 1. The molecule has 1 aromatic rings. The highest BCUT2D eigenvalue weighted by Gasteiger charge is 2.34. The van der Waals surface area contributed by atoms with Crippen molar-refractivity contribution in [3.63, 3.8) is 0 Å². The molecule has 0 unspecified atom stereocenters. The van der Waals surface area contributed by atoms with Gasteiger partial charge >= 0.3 is 0 Å². The first-order valence-electron chi connectivity index (χ1n) is 6.75. The Balaban J connectivity index is 2.19. The molecule has 0 aliphatic heterocycles. The third-order valence-corrected chi connectivity index (χ3v) is 4.22. The summed E-state index contributed by atoms with van der Waals surface area (Å²) in [5.74, 6) is -0.427. The molecule has 0 saturated heterocycles. The number of hydrogen-bond donors (Lipinski definition) is 1. The highest BCUT2D eigenvalue weighted by atomic mass is 35.5. The molecule has 1 saturated carbocycles. The Hall–Kier alpha value is -1.66. The number of nitro groups is 1. The van der Waals surface area contributed by atoms with Crippen molar-refractivity contribution < 1.29 is 14.8 Å². The zero-order valence-electron chi connectivity index (χ0n) is 11.7. The van der Waals surface area contributed by atoms with Crippen LogP contribution in [0, 0.1) is 10.1 Å². The maximum absolute atomic E-state index is 12.4. The second-order valence-electron chi connectivity index (χ2n) is 5.49. The Kier molecular flexibility index (Phi) is 4.49. The van der Waals surface area contributed by atoms with Gasteiger partial charge in [0.2, 0.25) is 0 Å². The van der Waals surface area contributed by atoms with Crippen LogP contribution in [0.1, 0.15) is 36.0 Å². The van der Waals surface area contributed by atoms with Crippen molar-refractivity contribution in [2.75, 3.05) is 13.6 Å². The number of hydrogen-bond acceptors (Lipinski definition) is 4. The summed E-state index contributed by atoms with van der Waals surface area (Å²) >= 11 is 5.94. The minimum Gasteiger partial charge on any atom is -0.388 e. The van der Waals surface area contributed by atoms with Gasteiger partial charge in [-0.3, -0.25) is 14.9 Å². The molecule has 0 spiro atoms. The van der Waals surface area contributed by atoms with Crippen LogP contribution in [0.2, 0.25) is 5.02 Å². The Morgan fingerprint density at radius 3 is 2.67 bits per heavy atom. The first kappa shape index (κ1) is 15.7. The van der Waals surface area contributed by atoms with Gasteiger partial charge in [-0.15, -0.1) is 0 Å². The Morgan fingerprint density at radius 2 is 2.10 bits per heavy atom. The molecule has 1 aliphatic carbocycles. The maximum atomic E-state index is 12.4. The molecule has 2 rings (SSSR count). The van der Waals surface area contributed by atoms with Crippen LogP contribution < -0.4 is 0 Å². The summed E-state index contributed by atoms with van der Waals surface area (Å²) in [5, 5.41) is 21.0. The number of rotatable bonds is 4. The van der Waals surface area contributed by atoms with Gasteiger partial charge in [0, 0.05) is 19.7 Å². The molecule has 6 nitrogen and oxygen atoms in total. The fourth-order valence-corrected chi connectivity index (χ4v) is 3.01. The summed E-state index contributed by atoms with van der Waals surface area (Å²) in [6.45, 7) is 0.199. The van der Waals surface area contributed by atoms with E-state index in [1.807, 2.05) is 0 Å². The SMILES string of the molecule is CN(CC1(O)CCCC1)C(=O)c1cccc([N+](=O)[O-])c1Cl. The van der Waals surface area contributed by atoms with E-state index >= 15 is 0 Å². The maximum Gasteiger partial charge on any atom is 0.288 e. The summed E-state index contributed by atoms with van der Waals surface area (Å²) in [7, 11) is 1.56. The van der Waals surface area contributed by atoms with E-state index in [4.69, 9.17) is 11.6 Å². The first-order chi connectivity index (χ1) is 9.84. The molecule has 1 aromatic carbocycles. The van der Waals surface area contributed by atoms with Gasteiger partial charge in [-0.05, 0) is 18.9 Å². The molecule has 21 heavy (non-hydrogen) atoms. The Labute approximate surface area is 127 Å². The first-order valence-corrected chi connectivity index (χ1v) is 7.13. The van der Waals surface area contributed by atoms with E-state index in [1.165, 1.54) is 23.1 Å². The number of halogens is 1. The predicted octanol–water partition coefficient (Wildman–Crippen LogP) is 2.63. The number of aliphatic hydroxyl groups is 1. The standard InChI is InChI=1S/C14H17ClN2O4/c1-16(9-14(19)7-2-3-8-14)13(18)10-5-4-6-11(12(10)15)17(20)21/h4-6,19H,2-3,7-9H2,1H3. The number of carbonyl (C=O) groups excluding carboxylic acids is 1. The lowest BCUT2D eigenvalue weighted by Crippen LogP contribution is -2.42. The van der Waals surface area contributed by atoms with Crippen LogP contribution in [0.25, 0.3) is 0 Å². The molecule has 0 bridgehead atoms. The lowest BCUT2D eigenvalue weighted by molar-refractivity contribution is -0.384. The highest BCUT2D eigenvalue weighted by molar-refractivity contribution is 6.35. The molecular weight excluding hydrogens is 296 g/mol. The lowest BCUT2D eigenvalue weighted by Gasteiger charge is -2.28. The molecule has 1 N–H and O–H groups in total. The fourth-order valence-electron chi connectivity index (χ4n) is 2.74. The second-order valence-corrected chi connectivity index (χ2v) is 5.87. The van der Waals surface area contributed by atoms with Crippen LogP contribution in [-0.4, -0.2) is 40.0 Å². The second kappa shape index (κ2) is 5.99. The van der Waals surface area contributed by atoms with Crippen molar-refractivity contribution in [3.8, 4) is 0 Å². The van der Waals surface area contributed by atoms with Crippen molar-refractivity contribution in [2.24, 2.45) is 0 Å². The van der Waals surface area contributed by atoms with E-state index < -0.39 is 16.4 Å². The zero-order valence-corrected chi connectivity index (χ0v) is 12.5. The summed E-state index contributed by atoms with van der Waals surface area (Å²) < 4.78 is 0. The number of nitrogens with zero attached hydrogens (tertiary/aromatic N) is 2. The van der Waals surface area contributed by atoms with Gasteiger partial charge in [-0.1, -0.05) is 30.5 Å². The summed E-state index contributed by atoms with van der Waals surface area (Å²) in [5.41, 5.74) is -1.08. The van der Waals surface area contributed by atoms with Gasteiger partial charge in [-0.25, -0.2) is 0 Å². The molecule has 0 radical (unpaired) electrons. The van der Waals surface area contributed by atoms with E-state index in [0.717, 1.165) is 12.8 Å². The van der Waals surface area contributed by atoms with Crippen LogP contribution in [0.5, 0.6) is 0 Å². The number of carbonyl (C=O) groups is 1. The summed E-state index contributed by atoms with van der Waals surface area (Å²) in [6.07, 6.45) is 3.20. The average Bonchev–Trinajstić information content (AvgIpc) is 2.84. The van der Waals surface area contributed by atoms with Crippen molar-refractivity contribution >= 4 is 23.2 Å². The van der Waals surface area contributed by atoms with Gasteiger partial charge in [-0.2, -0.15) is 0 Å². The van der Waals surface area contributed by atoms with Crippen molar-refractivity contribution in [3.05, 3.63) is 38.9 Å². The van der Waals surface area contributed by atoms with E-state index in [-0.39, 0.29) is 22.8 Å². The summed E-state index contributed by atoms with van der Waals surface area (Å²) in [4.78, 5) is 24.0. The number of benzene rings is 1. The third-order valence-electron chi connectivity index (χ3n) is 3.82. The van der Waals surface area contributed by atoms with Gasteiger partial charge in [0.15, 0.2) is 0 Å². The number of amides is 1. The minimum atomic E-state index is -0.863. The van der Waals surface area contributed by atoms with Gasteiger partial charge < -0.3 is 10.0 Å². The van der Waals surface area contributed by atoms with Crippen LogP contribution in [0.3, 0.4) is 0 Å². The van der Waals surface area contributed by atoms with Crippen LogP contribution >= 0.6 is 11.6 Å². The Morgan fingerprint density at radius 1 is 1.48 bits per heavy atom. The average molecular weight is 313 g/mol. The minimum absolute atomic E-state index is 0.0787. The zero-order chi connectivity index (χ0) is 15.6. The van der Waals surface area contributed by atoms with Crippen molar-refractivity contribution in [2.45, 2.75) is 31.3 Å². The predicted molar refractivity (Wildman–Crippen MR) is 78.5 cm³/mol.